The van der Waals surface area contributed by atoms with Gasteiger partial charge in [-0.1, -0.05) is 6.07 Å². The first-order valence-corrected chi connectivity index (χ1v) is 3.91. The number of para-hydroxylation sites is 1. The summed E-state index contributed by atoms with van der Waals surface area (Å²) in [7, 11) is 2.74. The SMILES string of the molecule is CON(C)C(=O)c1cccc(O)c1O. The lowest BCUT2D eigenvalue weighted by Gasteiger charge is -2.14. The molecule has 0 aliphatic heterocycles. The summed E-state index contributed by atoms with van der Waals surface area (Å²) in [4.78, 5) is 16.1. The first kappa shape index (κ1) is 10.3. The number of amides is 1. The third-order valence-corrected chi connectivity index (χ3v) is 1.80. The van der Waals surface area contributed by atoms with Crippen molar-refractivity contribution in [2.24, 2.45) is 0 Å². The van der Waals surface area contributed by atoms with Gasteiger partial charge in [-0.05, 0) is 12.1 Å². The summed E-state index contributed by atoms with van der Waals surface area (Å²) in [6.45, 7) is 0. The van der Waals surface area contributed by atoms with Crippen molar-refractivity contribution in [3.05, 3.63) is 23.8 Å². The normalized spacial score (nSPS) is 9.86. The molecule has 0 aromatic heterocycles. The van der Waals surface area contributed by atoms with E-state index in [0.29, 0.717) is 0 Å². The predicted molar refractivity (Wildman–Crippen MR) is 48.9 cm³/mol. The number of phenolic OH excluding ortho intramolecular Hbond substituents is 2. The van der Waals surface area contributed by atoms with Crippen LogP contribution in [-0.2, 0) is 4.84 Å². The number of rotatable bonds is 2. The van der Waals surface area contributed by atoms with Gasteiger partial charge in [-0.3, -0.25) is 9.63 Å². The Hall–Kier alpha value is -1.75. The smallest absolute Gasteiger partial charge is 0.281 e. The standard InChI is InChI=1S/C9H11NO4/c1-10(14-2)9(13)6-4-3-5-7(11)8(6)12/h3-5,11-12H,1-2H3. The highest BCUT2D eigenvalue weighted by atomic mass is 16.7. The van der Waals surface area contributed by atoms with Crippen molar-refractivity contribution in [3.63, 3.8) is 0 Å². The molecule has 1 aromatic rings. The number of aromatic hydroxyl groups is 2. The summed E-state index contributed by atoms with van der Waals surface area (Å²) in [5.74, 6) is -1.30. The Morgan fingerprint density at radius 3 is 2.64 bits per heavy atom. The minimum Gasteiger partial charge on any atom is -0.504 e. The Morgan fingerprint density at radius 1 is 1.43 bits per heavy atom. The fourth-order valence-electron chi connectivity index (χ4n) is 0.956. The van der Waals surface area contributed by atoms with E-state index in [2.05, 4.69) is 4.84 Å². The minimum absolute atomic E-state index is 0.00523. The van der Waals surface area contributed by atoms with E-state index < -0.39 is 11.7 Å². The van der Waals surface area contributed by atoms with Gasteiger partial charge >= 0.3 is 0 Å². The molecule has 0 saturated heterocycles. The van der Waals surface area contributed by atoms with Crippen LogP contribution >= 0.6 is 0 Å². The molecule has 1 amide bonds. The van der Waals surface area contributed by atoms with E-state index >= 15 is 0 Å². The number of hydrogen-bond acceptors (Lipinski definition) is 4. The maximum Gasteiger partial charge on any atom is 0.281 e. The highest BCUT2D eigenvalue weighted by molar-refractivity contribution is 5.96. The lowest BCUT2D eigenvalue weighted by molar-refractivity contribution is -0.0758. The summed E-state index contributed by atoms with van der Waals surface area (Å²) in [5, 5.41) is 19.5. The second-order valence-electron chi connectivity index (χ2n) is 2.66. The van der Waals surface area contributed by atoms with Crippen molar-refractivity contribution in [2.45, 2.75) is 0 Å². The number of carbonyl (C=O) groups excluding carboxylic acids is 1. The van der Waals surface area contributed by atoms with Crippen LogP contribution in [0.15, 0.2) is 18.2 Å². The van der Waals surface area contributed by atoms with Crippen molar-refractivity contribution in [2.75, 3.05) is 14.2 Å². The average molecular weight is 197 g/mol. The van der Waals surface area contributed by atoms with E-state index in [4.69, 9.17) is 5.11 Å². The summed E-state index contributed by atoms with van der Waals surface area (Å²) >= 11 is 0. The van der Waals surface area contributed by atoms with Gasteiger partial charge in [0.05, 0.1) is 12.7 Å². The highest BCUT2D eigenvalue weighted by Crippen LogP contribution is 2.28. The van der Waals surface area contributed by atoms with E-state index in [1.54, 1.807) is 0 Å². The summed E-state index contributed by atoms with van der Waals surface area (Å²) < 4.78 is 0. The molecule has 5 nitrogen and oxygen atoms in total. The molecule has 0 fully saturated rings. The fourth-order valence-corrected chi connectivity index (χ4v) is 0.956. The van der Waals surface area contributed by atoms with Gasteiger partial charge in [0.15, 0.2) is 11.5 Å². The zero-order valence-corrected chi connectivity index (χ0v) is 7.89. The van der Waals surface area contributed by atoms with Crippen molar-refractivity contribution in [3.8, 4) is 11.5 Å². The molecule has 0 radical (unpaired) electrons. The monoisotopic (exact) mass is 197 g/mol. The zero-order valence-electron chi connectivity index (χ0n) is 7.89. The van der Waals surface area contributed by atoms with Crippen LogP contribution in [-0.4, -0.2) is 35.3 Å². The van der Waals surface area contributed by atoms with Crippen molar-refractivity contribution in [1.82, 2.24) is 5.06 Å². The van der Waals surface area contributed by atoms with Crippen LogP contribution in [0.5, 0.6) is 11.5 Å². The fraction of sp³-hybridized carbons (Fsp3) is 0.222. The molecule has 0 spiro atoms. The van der Waals surface area contributed by atoms with Gasteiger partial charge in [-0.25, -0.2) is 5.06 Å². The van der Waals surface area contributed by atoms with Crippen LogP contribution in [0.4, 0.5) is 0 Å². The van der Waals surface area contributed by atoms with Gasteiger partial charge in [-0.2, -0.15) is 0 Å². The maximum atomic E-state index is 11.5. The molecule has 0 heterocycles. The Kier molecular flexibility index (Phi) is 2.93. The van der Waals surface area contributed by atoms with Crippen LogP contribution in [0.25, 0.3) is 0 Å². The largest absolute Gasteiger partial charge is 0.504 e. The quantitative estimate of drug-likeness (QED) is 0.541. The second kappa shape index (κ2) is 3.97. The molecule has 76 valence electrons. The topological polar surface area (TPSA) is 70.0 Å². The van der Waals surface area contributed by atoms with E-state index in [0.717, 1.165) is 5.06 Å². The van der Waals surface area contributed by atoms with Gasteiger partial charge < -0.3 is 10.2 Å². The van der Waals surface area contributed by atoms with Gasteiger partial charge in [0.1, 0.15) is 0 Å². The summed E-state index contributed by atoms with van der Waals surface area (Å²) in [6.07, 6.45) is 0. The number of nitrogens with zero attached hydrogens (tertiary/aromatic N) is 1. The second-order valence-corrected chi connectivity index (χ2v) is 2.66. The molecule has 0 saturated carbocycles. The Bertz CT molecular complexity index is 351. The lowest BCUT2D eigenvalue weighted by Crippen LogP contribution is -2.25. The molecule has 5 heteroatoms. The molecule has 2 N–H and O–H groups in total. The van der Waals surface area contributed by atoms with Crippen LogP contribution in [0, 0.1) is 0 Å². The van der Waals surface area contributed by atoms with E-state index in [-0.39, 0.29) is 11.3 Å². The predicted octanol–water partition coefficient (Wildman–Crippen LogP) is 0.731. The number of benzene rings is 1. The number of hydroxylamine groups is 2. The number of phenols is 2. The Labute approximate surface area is 81.1 Å². The van der Waals surface area contributed by atoms with E-state index in [9.17, 15) is 9.90 Å². The van der Waals surface area contributed by atoms with Crippen LogP contribution in [0.3, 0.4) is 0 Å². The number of carbonyl (C=O) groups is 1. The zero-order chi connectivity index (χ0) is 10.7. The van der Waals surface area contributed by atoms with Crippen molar-refractivity contribution in [1.29, 1.82) is 0 Å². The molecular formula is C9H11NO4. The highest BCUT2D eigenvalue weighted by Gasteiger charge is 2.17. The summed E-state index contributed by atoms with van der Waals surface area (Å²) in [6, 6.07) is 4.15. The molecule has 1 rings (SSSR count). The molecule has 0 aliphatic carbocycles. The Balaban J connectivity index is 3.07. The van der Waals surface area contributed by atoms with Gasteiger partial charge in [0.25, 0.3) is 5.91 Å². The van der Waals surface area contributed by atoms with Crippen LogP contribution in [0.2, 0.25) is 0 Å². The molecule has 1 aromatic carbocycles. The molecule has 0 atom stereocenters. The van der Waals surface area contributed by atoms with E-state index in [1.807, 2.05) is 0 Å². The first-order valence-electron chi connectivity index (χ1n) is 3.91. The molecule has 14 heavy (non-hydrogen) atoms. The molecule has 0 aliphatic rings. The first-order chi connectivity index (χ1) is 6.57. The minimum atomic E-state index is -0.527. The van der Waals surface area contributed by atoms with Gasteiger partial charge in [-0.15, -0.1) is 0 Å². The third kappa shape index (κ3) is 1.77. The van der Waals surface area contributed by atoms with Crippen molar-refractivity contribution < 1.29 is 19.8 Å². The van der Waals surface area contributed by atoms with Crippen LogP contribution < -0.4 is 0 Å². The van der Waals surface area contributed by atoms with Gasteiger partial charge in [0, 0.05) is 7.05 Å². The average Bonchev–Trinajstić information content (AvgIpc) is 2.20. The van der Waals surface area contributed by atoms with Crippen molar-refractivity contribution >= 4 is 5.91 Å². The lowest BCUT2D eigenvalue weighted by atomic mass is 10.2. The molecular weight excluding hydrogens is 186 g/mol. The summed E-state index contributed by atoms with van der Waals surface area (Å²) in [5.41, 5.74) is -0.00523. The molecule has 0 unspecified atom stereocenters. The maximum absolute atomic E-state index is 11.5. The van der Waals surface area contributed by atoms with Gasteiger partial charge in [0.2, 0.25) is 0 Å². The van der Waals surface area contributed by atoms with Crippen LogP contribution in [0.1, 0.15) is 10.4 Å². The van der Waals surface area contributed by atoms with E-state index in [1.165, 1.54) is 32.4 Å². The Morgan fingerprint density at radius 2 is 2.07 bits per heavy atom. The number of hydrogen-bond donors (Lipinski definition) is 2. The molecule has 0 bridgehead atoms. The third-order valence-electron chi connectivity index (χ3n) is 1.80.